The summed E-state index contributed by atoms with van der Waals surface area (Å²) in [6, 6.07) is 7.27. The fraction of sp³-hybridized carbons (Fsp3) is 0.348. The summed E-state index contributed by atoms with van der Waals surface area (Å²) >= 11 is 1.31. The molecule has 9 heteroatoms. The van der Waals surface area contributed by atoms with Gasteiger partial charge in [-0.3, -0.25) is 9.69 Å². The maximum atomic E-state index is 13.2. The highest BCUT2D eigenvalue weighted by Gasteiger charge is 2.33. The van der Waals surface area contributed by atoms with E-state index in [0.717, 1.165) is 58.8 Å². The van der Waals surface area contributed by atoms with Crippen molar-refractivity contribution >= 4 is 50.6 Å². The summed E-state index contributed by atoms with van der Waals surface area (Å²) in [7, 11) is 0. The SMILES string of the molecule is CCOc1ccc(N2C(=O)Nc3c(C(=O)N[C@@H]4CCCNC4)sc4nccc2c34)c(C)c1. The van der Waals surface area contributed by atoms with Crippen molar-refractivity contribution in [3.05, 3.63) is 40.9 Å². The third kappa shape index (κ3) is 3.57. The Hall–Kier alpha value is -3.17. The Morgan fingerprint density at radius 1 is 1.34 bits per heavy atom. The smallest absolute Gasteiger partial charge is 0.331 e. The number of aromatic nitrogens is 1. The van der Waals surface area contributed by atoms with Gasteiger partial charge in [-0.25, -0.2) is 9.78 Å². The summed E-state index contributed by atoms with van der Waals surface area (Å²) < 4.78 is 5.59. The van der Waals surface area contributed by atoms with Crippen molar-refractivity contribution in [3.63, 3.8) is 0 Å². The molecule has 2 aliphatic rings. The van der Waals surface area contributed by atoms with Crippen molar-refractivity contribution in [2.45, 2.75) is 32.7 Å². The Morgan fingerprint density at radius 2 is 2.22 bits per heavy atom. The lowest BCUT2D eigenvalue weighted by Crippen LogP contribution is -2.45. The molecule has 32 heavy (non-hydrogen) atoms. The third-order valence-corrected chi connectivity index (χ3v) is 6.90. The van der Waals surface area contributed by atoms with E-state index >= 15 is 0 Å². The van der Waals surface area contributed by atoms with E-state index in [1.807, 2.05) is 38.1 Å². The van der Waals surface area contributed by atoms with E-state index in [9.17, 15) is 9.59 Å². The van der Waals surface area contributed by atoms with Crippen molar-refractivity contribution in [2.24, 2.45) is 0 Å². The first kappa shape index (κ1) is 20.7. The number of nitrogens with zero attached hydrogens (tertiary/aromatic N) is 2. The van der Waals surface area contributed by atoms with Gasteiger partial charge < -0.3 is 20.7 Å². The zero-order valence-electron chi connectivity index (χ0n) is 18.0. The fourth-order valence-electron chi connectivity index (χ4n) is 4.34. The average molecular weight is 452 g/mol. The number of piperidine rings is 1. The number of hydrogen-bond acceptors (Lipinski definition) is 6. The number of pyridine rings is 1. The number of anilines is 3. The number of carbonyl (C=O) groups excluding carboxylic acids is 2. The summed E-state index contributed by atoms with van der Waals surface area (Å²) in [5.74, 6) is 0.590. The van der Waals surface area contributed by atoms with Crippen LogP contribution in [-0.2, 0) is 0 Å². The number of ether oxygens (including phenoxy) is 1. The molecular weight excluding hydrogens is 426 g/mol. The number of nitrogens with one attached hydrogen (secondary N) is 3. The Kier molecular flexibility index (Phi) is 5.44. The molecule has 1 aromatic carbocycles. The molecule has 2 aliphatic heterocycles. The third-order valence-electron chi connectivity index (χ3n) is 5.80. The van der Waals surface area contributed by atoms with Gasteiger partial charge in [0, 0.05) is 18.8 Å². The average Bonchev–Trinajstić information content (AvgIpc) is 3.15. The van der Waals surface area contributed by atoms with E-state index in [1.54, 1.807) is 11.1 Å². The van der Waals surface area contributed by atoms with Crippen LogP contribution in [0.4, 0.5) is 21.9 Å². The Bertz CT molecular complexity index is 1200. The second kappa shape index (κ2) is 8.40. The minimum absolute atomic E-state index is 0.0865. The van der Waals surface area contributed by atoms with Gasteiger partial charge in [-0.1, -0.05) is 0 Å². The normalized spacial score (nSPS) is 17.9. The van der Waals surface area contributed by atoms with E-state index in [2.05, 4.69) is 20.9 Å². The molecule has 5 rings (SSSR count). The van der Waals surface area contributed by atoms with E-state index < -0.39 is 0 Å². The molecule has 1 atom stereocenters. The minimum Gasteiger partial charge on any atom is -0.494 e. The van der Waals surface area contributed by atoms with Crippen molar-refractivity contribution < 1.29 is 14.3 Å². The summed E-state index contributed by atoms with van der Waals surface area (Å²) in [5.41, 5.74) is 2.93. The number of aryl methyl sites for hydroxylation is 1. The monoisotopic (exact) mass is 451 g/mol. The standard InChI is InChI=1S/C23H25N5O3S/c1-3-31-15-6-7-16(13(2)11-15)28-17-8-10-25-22-18(17)19(27-23(28)30)20(32-22)21(29)26-14-5-4-9-24-12-14/h6-8,10-11,14,24H,3-5,9,12H2,1-2H3,(H,26,29)(H,27,30)/t14-/m1/s1. The minimum atomic E-state index is -0.302. The van der Waals surface area contributed by atoms with E-state index in [4.69, 9.17) is 4.74 Å². The number of hydrogen-bond donors (Lipinski definition) is 3. The van der Waals surface area contributed by atoms with E-state index in [0.29, 0.717) is 17.2 Å². The second-order valence-electron chi connectivity index (χ2n) is 7.98. The van der Waals surface area contributed by atoms with Crippen molar-refractivity contribution in [2.75, 3.05) is 29.9 Å². The Balaban J connectivity index is 1.54. The molecule has 3 amide bonds. The van der Waals surface area contributed by atoms with Gasteiger partial charge in [0.1, 0.15) is 15.5 Å². The van der Waals surface area contributed by atoms with Crippen LogP contribution in [0.2, 0.25) is 0 Å². The molecule has 0 aliphatic carbocycles. The van der Waals surface area contributed by atoms with Crippen LogP contribution in [0.3, 0.4) is 0 Å². The molecular formula is C23H25N5O3S. The van der Waals surface area contributed by atoms with Crippen LogP contribution in [0.1, 0.15) is 35.0 Å². The topological polar surface area (TPSA) is 95.6 Å². The van der Waals surface area contributed by atoms with Crippen molar-refractivity contribution in [1.29, 1.82) is 0 Å². The van der Waals surface area contributed by atoms with Gasteiger partial charge >= 0.3 is 6.03 Å². The number of urea groups is 1. The molecule has 2 aromatic heterocycles. The van der Waals surface area contributed by atoms with Gasteiger partial charge in [0.15, 0.2) is 0 Å². The first-order valence-electron chi connectivity index (χ1n) is 10.8. The Labute approximate surface area is 190 Å². The highest BCUT2D eigenvalue weighted by atomic mass is 32.1. The summed E-state index contributed by atoms with van der Waals surface area (Å²) in [6.45, 7) is 6.20. The largest absolute Gasteiger partial charge is 0.494 e. The number of rotatable bonds is 5. The molecule has 0 unspecified atom stereocenters. The molecule has 1 saturated heterocycles. The second-order valence-corrected chi connectivity index (χ2v) is 8.98. The van der Waals surface area contributed by atoms with Crippen molar-refractivity contribution in [3.8, 4) is 5.75 Å². The molecule has 4 heterocycles. The van der Waals surface area contributed by atoms with Gasteiger partial charge in [0.25, 0.3) is 5.91 Å². The summed E-state index contributed by atoms with van der Waals surface area (Å²) in [6.07, 6.45) is 3.66. The molecule has 0 radical (unpaired) electrons. The first-order valence-corrected chi connectivity index (χ1v) is 11.7. The Morgan fingerprint density at radius 3 is 2.97 bits per heavy atom. The van der Waals surface area contributed by atoms with Crippen LogP contribution in [0.15, 0.2) is 30.5 Å². The van der Waals surface area contributed by atoms with Gasteiger partial charge in [0.05, 0.1) is 29.1 Å². The van der Waals surface area contributed by atoms with Crippen LogP contribution in [-0.4, -0.2) is 42.7 Å². The van der Waals surface area contributed by atoms with Crippen LogP contribution >= 0.6 is 11.3 Å². The van der Waals surface area contributed by atoms with E-state index in [-0.39, 0.29) is 18.0 Å². The molecule has 166 valence electrons. The number of amides is 3. The first-order chi connectivity index (χ1) is 15.6. The van der Waals surface area contributed by atoms with E-state index in [1.165, 1.54) is 11.3 Å². The molecule has 3 aromatic rings. The number of carbonyl (C=O) groups is 2. The predicted octanol–water partition coefficient (Wildman–Crippen LogP) is 4.17. The highest BCUT2D eigenvalue weighted by Crippen LogP contribution is 2.46. The maximum Gasteiger partial charge on any atom is 0.331 e. The van der Waals surface area contributed by atoms with Crippen LogP contribution in [0, 0.1) is 6.92 Å². The lowest BCUT2D eigenvalue weighted by molar-refractivity contribution is 0.0935. The maximum absolute atomic E-state index is 13.2. The number of benzene rings is 1. The lowest BCUT2D eigenvalue weighted by Gasteiger charge is -2.30. The number of thiophene rings is 1. The van der Waals surface area contributed by atoms with Crippen molar-refractivity contribution in [1.82, 2.24) is 15.6 Å². The quantitative estimate of drug-likeness (QED) is 0.541. The zero-order valence-corrected chi connectivity index (χ0v) is 18.8. The predicted molar refractivity (Wildman–Crippen MR) is 126 cm³/mol. The molecule has 1 fully saturated rings. The van der Waals surface area contributed by atoms with Crippen LogP contribution in [0.5, 0.6) is 5.75 Å². The molecule has 0 spiro atoms. The van der Waals surface area contributed by atoms with Gasteiger partial charge in [0.2, 0.25) is 0 Å². The molecule has 0 bridgehead atoms. The van der Waals surface area contributed by atoms with Gasteiger partial charge in [-0.15, -0.1) is 11.3 Å². The van der Waals surface area contributed by atoms with Crippen LogP contribution < -0.4 is 25.6 Å². The highest BCUT2D eigenvalue weighted by molar-refractivity contribution is 7.21. The van der Waals surface area contributed by atoms with Gasteiger partial charge in [-0.2, -0.15) is 0 Å². The zero-order chi connectivity index (χ0) is 22.2. The van der Waals surface area contributed by atoms with Gasteiger partial charge in [-0.05, 0) is 63.1 Å². The summed E-state index contributed by atoms with van der Waals surface area (Å²) in [4.78, 5) is 33.6. The fourth-order valence-corrected chi connectivity index (χ4v) is 5.37. The molecule has 0 saturated carbocycles. The molecule has 8 nitrogen and oxygen atoms in total. The summed E-state index contributed by atoms with van der Waals surface area (Å²) in [5, 5.41) is 10.2. The molecule has 3 N–H and O–H groups in total. The van der Waals surface area contributed by atoms with Crippen LogP contribution in [0.25, 0.3) is 10.2 Å². The lowest BCUT2D eigenvalue weighted by atomic mass is 10.1.